The standard InChI is InChI=1S/C37H47ClN2O9/c1-21(2)17-30-35(43)47-28(22(3)32-33(49-32)24-12-14-25(45-6)15-13-24)9-8-10-31(41)40-27(19-23-11-16-29(46-7)26(38)18-23)34(42)39-20-37(4,5)36(44)48-30/h8,10-16,18,21-22,27-28,30,32-33H,9,17,19-20H2,1-7H3,(H,39,42)(H,40,41)/b10-8+/t22-,27+,28-,30-,32+,33+/m0/s1. The topological polar surface area (TPSA) is 142 Å². The van der Waals surface area contributed by atoms with Gasteiger partial charge in [-0.1, -0.05) is 56.6 Å². The third-order valence-electron chi connectivity index (χ3n) is 8.72. The lowest BCUT2D eigenvalue weighted by Gasteiger charge is -2.29. The lowest BCUT2D eigenvalue weighted by molar-refractivity contribution is -0.179. The van der Waals surface area contributed by atoms with Gasteiger partial charge < -0.3 is 34.3 Å². The summed E-state index contributed by atoms with van der Waals surface area (Å²) in [5, 5.41) is 5.90. The molecule has 2 aromatic rings. The maximum Gasteiger partial charge on any atom is 0.347 e. The Hall–Kier alpha value is -4.09. The predicted octanol–water partition coefficient (Wildman–Crippen LogP) is 5.13. The summed E-state index contributed by atoms with van der Waals surface area (Å²) in [4.78, 5) is 53.7. The van der Waals surface area contributed by atoms with E-state index in [1.165, 1.54) is 13.2 Å². The van der Waals surface area contributed by atoms with E-state index < -0.39 is 47.4 Å². The molecule has 0 saturated carbocycles. The molecule has 0 bridgehead atoms. The molecule has 1 saturated heterocycles. The first kappa shape index (κ1) is 37.7. The van der Waals surface area contributed by atoms with Gasteiger partial charge >= 0.3 is 11.9 Å². The van der Waals surface area contributed by atoms with Gasteiger partial charge in [-0.25, -0.2) is 4.79 Å². The second-order valence-corrected chi connectivity index (χ2v) is 14.0. The molecule has 266 valence electrons. The van der Waals surface area contributed by atoms with Crippen molar-refractivity contribution >= 4 is 35.4 Å². The normalized spacial score (nSPS) is 26.1. The molecule has 11 nitrogen and oxygen atoms in total. The number of rotatable bonds is 9. The van der Waals surface area contributed by atoms with Crippen molar-refractivity contribution in [1.29, 1.82) is 0 Å². The number of hydrogen-bond donors (Lipinski definition) is 2. The molecule has 12 heteroatoms. The molecule has 0 aromatic heterocycles. The first-order valence-corrected chi connectivity index (χ1v) is 16.9. The van der Waals surface area contributed by atoms with E-state index in [4.69, 9.17) is 35.3 Å². The number of methoxy groups -OCH3 is 2. The number of cyclic esters (lactones) is 2. The van der Waals surface area contributed by atoms with Gasteiger partial charge in [0.05, 0.1) is 30.8 Å². The van der Waals surface area contributed by atoms with Gasteiger partial charge in [-0.3, -0.25) is 14.4 Å². The highest BCUT2D eigenvalue weighted by molar-refractivity contribution is 6.32. The Balaban J connectivity index is 1.60. The molecule has 0 spiro atoms. The lowest BCUT2D eigenvalue weighted by atomic mass is 9.92. The van der Waals surface area contributed by atoms with Crippen LogP contribution < -0.4 is 20.1 Å². The van der Waals surface area contributed by atoms with Crippen LogP contribution in [0.1, 0.15) is 64.7 Å². The summed E-state index contributed by atoms with van der Waals surface area (Å²) in [6.45, 7) is 8.88. The average molecular weight is 699 g/mol. The molecule has 2 aliphatic rings. The molecule has 4 rings (SSSR count). The summed E-state index contributed by atoms with van der Waals surface area (Å²) in [5.41, 5.74) is 0.445. The van der Waals surface area contributed by atoms with E-state index in [9.17, 15) is 19.2 Å². The van der Waals surface area contributed by atoms with Crippen LogP contribution in [0.5, 0.6) is 11.5 Å². The predicted molar refractivity (Wildman–Crippen MR) is 183 cm³/mol. The number of carbonyl (C=O) groups is 4. The molecule has 0 unspecified atom stereocenters. The highest BCUT2D eigenvalue weighted by Gasteiger charge is 2.48. The fraction of sp³-hybridized carbons (Fsp3) is 0.514. The van der Waals surface area contributed by atoms with E-state index in [1.54, 1.807) is 45.2 Å². The third-order valence-corrected chi connectivity index (χ3v) is 9.02. The molecule has 6 atom stereocenters. The summed E-state index contributed by atoms with van der Waals surface area (Å²) < 4.78 is 28.4. The van der Waals surface area contributed by atoms with Gasteiger partial charge in [0.25, 0.3) is 0 Å². The zero-order valence-electron chi connectivity index (χ0n) is 29.1. The molecule has 2 heterocycles. The van der Waals surface area contributed by atoms with E-state index >= 15 is 0 Å². The maximum atomic E-state index is 13.6. The minimum Gasteiger partial charge on any atom is -0.497 e. The van der Waals surface area contributed by atoms with Crippen molar-refractivity contribution < 1.29 is 42.9 Å². The fourth-order valence-electron chi connectivity index (χ4n) is 5.62. The summed E-state index contributed by atoms with van der Waals surface area (Å²) in [7, 11) is 3.10. The van der Waals surface area contributed by atoms with Crippen molar-refractivity contribution in [2.75, 3.05) is 20.8 Å². The minimum absolute atomic E-state index is 0.0108. The van der Waals surface area contributed by atoms with Gasteiger partial charge in [-0.15, -0.1) is 0 Å². The van der Waals surface area contributed by atoms with Crippen molar-refractivity contribution in [1.82, 2.24) is 10.6 Å². The van der Waals surface area contributed by atoms with Gasteiger partial charge in [-0.2, -0.15) is 0 Å². The van der Waals surface area contributed by atoms with Gasteiger partial charge in [-0.05, 0) is 67.7 Å². The molecule has 0 aliphatic carbocycles. The van der Waals surface area contributed by atoms with E-state index in [0.29, 0.717) is 16.3 Å². The molecule has 2 amide bonds. The van der Waals surface area contributed by atoms with E-state index in [2.05, 4.69) is 10.6 Å². The van der Waals surface area contributed by atoms with Crippen molar-refractivity contribution in [3.05, 3.63) is 70.8 Å². The van der Waals surface area contributed by atoms with Crippen LogP contribution in [0.3, 0.4) is 0 Å². The average Bonchev–Trinajstić information content (AvgIpc) is 3.86. The highest BCUT2D eigenvalue weighted by atomic mass is 35.5. The first-order valence-electron chi connectivity index (χ1n) is 16.5. The van der Waals surface area contributed by atoms with E-state index in [-0.39, 0.29) is 49.9 Å². The summed E-state index contributed by atoms with van der Waals surface area (Å²) in [5.74, 6) is -1.42. The van der Waals surface area contributed by atoms with Crippen LogP contribution in [0.2, 0.25) is 5.02 Å². The van der Waals surface area contributed by atoms with Gasteiger partial charge in [0.1, 0.15) is 29.7 Å². The monoisotopic (exact) mass is 698 g/mol. The number of benzene rings is 2. The molecule has 1 fully saturated rings. The Morgan fingerprint density at radius 3 is 2.33 bits per heavy atom. The molecule has 2 aromatic carbocycles. The smallest absolute Gasteiger partial charge is 0.347 e. The Bertz CT molecular complexity index is 1520. The van der Waals surface area contributed by atoms with Gasteiger partial charge in [0.15, 0.2) is 6.10 Å². The van der Waals surface area contributed by atoms with Crippen LogP contribution in [0.4, 0.5) is 0 Å². The number of hydrogen-bond acceptors (Lipinski definition) is 9. The van der Waals surface area contributed by atoms with E-state index in [1.807, 2.05) is 45.0 Å². The second-order valence-electron chi connectivity index (χ2n) is 13.6. The highest BCUT2D eigenvalue weighted by Crippen LogP contribution is 2.45. The summed E-state index contributed by atoms with van der Waals surface area (Å²) in [6.07, 6.45) is 1.14. The molecule has 49 heavy (non-hydrogen) atoms. The molecular formula is C37H47ClN2O9. The zero-order chi connectivity index (χ0) is 35.9. The van der Waals surface area contributed by atoms with Gasteiger partial charge in [0, 0.05) is 25.3 Å². The van der Waals surface area contributed by atoms with Crippen molar-refractivity contribution in [3.8, 4) is 11.5 Å². The number of esters is 2. The van der Waals surface area contributed by atoms with Gasteiger partial charge in [0.2, 0.25) is 11.8 Å². The number of halogens is 1. The number of amides is 2. The van der Waals surface area contributed by atoms with Crippen LogP contribution in [-0.2, 0) is 39.8 Å². The maximum absolute atomic E-state index is 13.6. The van der Waals surface area contributed by atoms with Crippen molar-refractivity contribution in [2.24, 2.45) is 17.3 Å². The number of carbonyl (C=O) groups excluding carboxylic acids is 4. The lowest BCUT2D eigenvalue weighted by Crippen LogP contribution is -2.51. The number of ether oxygens (including phenoxy) is 5. The zero-order valence-corrected chi connectivity index (χ0v) is 29.9. The SMILES string of the molecule is COc1ccc([C@H]2O[C@@H]2[C@@H](C)[C@@H]2C/C=C/C(=O)N[C@H](Cc3ccc(OC)c(Cl)c3)C(=O)NCC(C)(C)C(=O)O[C@@H](CC(C)C)C(=O)O2)cc1. The summed E-state index contributed by atoms with van der Waals surface area (Å²) in [6, 6.07) is 11.7. The van der Waals surface area contributed by atoms with E-state index in [0.717, 1.165) is 11.3 Å². The Morgan fingerprint density at radius 2 is 1.69 bits per heavy atom. The van der Waals surface area contributed by atoms with Crippen molar-refractivity contribution in [3.63, 3.8) is 0 Å². The van der Waals surface area contributed by atoms with Crippen LogP contribution >= 0.6 is 11.6 Å². The molecule has 0 radical (unpaired) electrons. The quantitative estimate of drug-likeness (QED) is 0.269. The molecule has 2 aliphatic heterocycles. The Labute approximate surface area is 293 Å². The Kier molecular flexibility index (Phi) is 12.7. The first-order chi connectivity index (χ1) is 23.2. The molecule has 2 N–H and O–H groups in total. The third kappa shape index (κ3) is 10.2. The summed E-state index contributed by atoms with van der Waals surface area (Å²) >= 11 is 6.32. The molecular weight excluding hydrogens is 652 g/mol. The number of nitrogens with one attached hydrogen (secondary N) is 2. The van der Waals surface area contributed by atoms with Crippen LogP contribution in [0.25, 0.3) is 0 Å². The number of epoxide rings is 1. The van der Waals surface area contributed by atoms with Crippen LogP contribution in [0, 0.1) is 17.3 Å². The van der Waals surface area contributed by atoms with Crippen molar-refractivity contribution in [2.45, 2.75) is 84.3 Å². The fourth-order valence-corrected chi connectivity index (χ4v) is 5.90. The van der Waals surface area contributed by atoms with Crippen LogP contribution in [0.15, 0.2) is 54.6 Å². The largest absolute Gasteiger partial charge is 0.497 e. The second kappa shape index (κ2) is 16.5. The minimum atomic E-state index is -1.21. The van der Waals surface area contributed by atoms with Crippen LogP contribution in [-0.4, -0.2) is 68.9 Å². The Morgan fingerprint density at radius 1 is 0.980 bits per heavy atom.